The maximum Gasteiger partial charge on any atom is 0.262 e. The summed E-state index contributed by atoms with van der Waals surface area (Å²) in [6.07, 6.45) is 0. The number of imide groups is 1. The number of rotatable bonds is 3. The molecule has 8 rings (SSSR count). The molecule has 0 bridgehead atoms. The third-order valence-corrected chi connectivity index (χ3v) is 8.32. The van der Waals surface area contributed by atoms with Gasteiger partial charge in [0.15, 0.2) is 0 Å². The highest BCUT2D eigenvalue weighted by Crippen LogP contribution is 2.48. The Morgan fingerprint density at radius 2 is 1.02 bits per heavy atom. The summed E-state index contributed by atoms with van der Waals surface area (Å²) < 4.78 is 0. The smallest absolute Gasteiger partial charge is 0.262 e. The zero-order valence-corrected chi connectivity index (χ0v) is 21.3. The fourth-order valence-electron chi connectivity index (χ4n) is 6.48. The second kappa shape index (κ2) is 8.35. The van der Waals surface area contributed by atoms with Gasteiger partial charge >= 0.3 is 0 Å². The molecule has 3 amide bonds. The molecule has 2 atom stereocenters. The average Bonchev–Trinajstić information content (AvgIpc) is 3.25. The monoisotopic (exact) mass is 518 g/mol. The molecule has 0 N–H and O–H groups in total. The summed E-state index contributed by atoms with van der Waals surface area (Å²) in [7, 11) is 0. The van der Waals surface area contributed by atoms with E-state index >= 15 is 0 Å². The Bertz CT molecular complexity index is 2010. The Morgan fingerprint density at radius 3 is 1.75 bits per heavy atom. The number of nitrogens with zero attached hydrogens (tertiary/aromatic N) is 2. The Balaban J connectivity index is 1.35. The number of β-lactam (4-membered cyclic amide) rings is 1. The number of amides is 3. The zero-order valence-electron chi connectivity index (χ0n) is 21.3. The van der Waals surface area contributed by atoms with E-state index in [0.717, 1.165) is 43.6 Å². The van der Waals surface area contributed by atoms with Crippen LogP contribution in [0, 0.1) is 0 Å². The van der Waals surface area contributed by atoms with Crippen molar-refractivity contribution in [3.8, 4) is 0 Å². The molecule has 0 aliphatic carbocycles. The SMILES string of the molecule is O=C1c2ccccc2C(=O)N1C1C(=O)N(c2cc3c4ccccc4ccc3c3ccccc23)[C@H]1c1ccccc1. The lowest BCUT2D eigenvalue weighted by atomic mass is 9.85. The second-order valence-corrected chi connectivity index (χ2v) is 10.4. The zero-order chi connectivity index (χ0) is 27.0. The molecule has 1 fully saturated rings. The number of anilines is 1. The minimum Gasteiger partial charge on any atom is -0.300 e. The van der Waals surface area contributed by atoms with E-state index in [1.54, 1.807) is 29.2 Å². The van der Waals surface area contributed by atoms with Crippen molar-refractivity contribution in [1.82, 2.24) is 4.90 Å². The summed E-state index contributed by atoms with van der Waals surface area (Å²) in [4.78, 5) is 44.1. The molecule has 5 heteroatoms. The Labute approximate surface area is 229 Å². The summed E-state index contributed by atoms with van der Waals surface area (Å²) in [5.74, 6) is -1.11. The molecule has 6 aromatic carbocycles. The largest absolute Gasteiger partial charge is 0.300 e. The molecular weight excluding hydrogens is 496 g/mol. The van der Waals surface area contributed by atoms with E-state index in [9.17, 15) is 14.4 Å². The molecule has 2 aliphatic rings. The van der Waals surface area contributed by atoms with Gasteiger partial charge in [-0.2, -0.15) is 0 Å². The quantitative estimate of drug-likeness (QED) is 0.146. The van der Waals surface area contributed by atoms with Crippen molar-refractivity contribution in [2.75, 3.05) is 4.90 Å². The van der Waals surface area contributed by atoms with Gasteiger partial charge in [0, 0.05) is 5.39 Å². The third kappa shape index (κ3) is 3.00. The van der Waals surface area contributed by atoms with Crippen molar-refractivity contribution in [1.29, 1.82) is 0 Å². The van der Waals surface area contributed by atoms with Crippen LogP contribution in [0.3, 0.4) is 0 Å². The summed E-state index contributed by atoms with van der Waals surface area (Å²) in [5.41, 5.74) is 2.32. The van der Waals surface area contributed by atoms with Crippen molar-refractivity contribution >= 4 is 55.7 Å². The van der Waals surface area contributed by atoms with Crippen LogP contribution in [0.25, 0.3) is 32.3 Å². The van der Waals surface area contributed by atoms with Crippen LogP contribution in [0.1, 0.15) is 32.3 Å². The van der Waals surface area contributed by atoms with Gasteiger partial charge in [-0.15, -0.1) is 0 Å². The van der Waals surface area contributed by atoms with Gasteiger partial charge in [-0.25, -0.2) is 0 Å². The van der Waals surface area contributed by atoms with Crippen LogP contribution in [0.4, 0.5) is 5.69 Å². The molecule has 40 heavy (non-hydrogen) atoms. The minimum atomic E-state index is -0.934. The Hall–Kier alpha value is -5.29. The van der Waals surface area contributed by atoms with E-state index in [1.165, 1.54) is 4.90 Å². The van der Waals surface area contributed by atoms with Crippen LogP contribution in [0.5, 0.6) is 0 Å². The number of hydrogen-bond acceptors (Lipinski definition) is 3. The first-order chi connectivity index (χ1) is 19.6. The summed E-state index contributed by atoms with van der Waals surface area (Å²) in [6.45, 7) is 0. The number of benzene rings is 6. The van der Waals surface area contributed by atoms with Gasteiger partial charge in [-0.3, -0.25) is 24.2 Å². The standard InChI is InChI=1S/C35H22N2O3/c38-33-27-16-8-9-17-28(27)34(39)37(33)32-31(22-11-2-1-3-12-22)36(35(32)40)30-20-29-23-13-5-4-10-21(23)18-19-25(29)24-14-6-7-15-26(24)30/h1-20,31-32H/t31-,32?/m0/s1. The molecule has 0 radical (unpaired) electrons. The topological polar surface area (TPSA) is 57.7 Å². The lowest BCUT2D eigenvalue weighted by molar-refractivity contribution is -0.130. The van der Waals surface area contributed by atoms with Crippen molar-refractivity contribution in [3.63, 3.8) is 0 Å². The molecule has 5 nitrogen and oxygen atoms in total. The van der Waals surface area contributed by atoms with E-state index in [0.29, 0.717) is 11.1 Å². The minimum absolute atomic E-state index is 0.270. The molecule has 0 saturated carbocycles. The molecular formula is C35H22N2O3. The summed E-state index contributed by atoms with van der Waals surface area (Å²) in [6, 6.07) is 37.7. The number of hydrogen-bond donors (Lipinski definition) is 0. The van der Waals surface area contributed by atoms with Gasteiger partial charge in [-0.05, 0) is 50.7 Å². The van der Waals surface area contributed by atoms with E-state index in [4.69, 9.17) is 0 Å². The van der Waals surface area contributed by atoms with E-state index < -0.39 is 23.9 Å². The van der Waals surface area contributed by atoms with Crippen LogP contribution in [-0.2, 0) is 4.79 Å². The van der Waals surface area contributed by atoms with E-state index in [2.05, 4.69) is 36.4 Å². The molecule has 1 unspecified atom stereocenters. The fourth-order valence-corrected chi connectivity index (χ4v) is 6.48. The molecule has 1 saturated heterocycles. The molecule has 6 aromatic rings. The number of carbonyl (C=O) groups is 3. The molecule has 2 aliphatic heterocycles. The predicted molar refractivity (Wildman–Crippen MR) is 156 cm³/mol. The maximum absolute atomic E-state index is 14.2. The van der Waals surface area contributed by atoms with Gasteiger partial charge in [0.1, 0.15) is 6.04 Å². The highest BCUT2D eigenvalue weighted by Gasteiger charge is 2.57. The molecule has 0 aromatic heterocycles. The van der Waals surface area contributed by atoms with Crippen LogP contribution in [0.15, 0.2) is 121 Å². The first-order valence-corrected chi connectivity index (χ1v) is 13.3. The third-order valence-electron chi connectivity index (χ3n) is 8.32. The van der Waals surface area contributed by atoms with E-state index in [1.807, 2.05) is 60.7 Å². The van der Waals surface area contributed by atoms with Crippen LogP contribution >= 0.6 is 0 Å². The van der Waals surface area contributed by atoms with Gasteiger partial charge in [-0.1, -0.05) is 103 Å². The van der Waals surface area contributed by atoms with Crippen LogP contribution < -0.4 is 4.90 Å². The first-order valence-electron chi connectivity index (χ1n) is 13.3. The highest BCUT2D eigenvalue weighted by atomic mass is 16.2. The first kappa shape index (κ1) is 22.7. The highest BCUT2D eigenvalue weighted by molar-refractivity contribution is 6.27. The number of fused-ring (bicyclic) bond motifs is 6. The van der Waals surface area contributed by atoms with Crippen LogP contribution in [0.2, 0.25) is 0 Å². The van der Waals surface area contributed by atoms with Gasteiger partial charge in [0.05, 0.1) is 22.9 Å². The molecule has 2 heterocycles. The van der Waals surface area contributed by atoms with Gasteiger partial charge in [0.25, 0.3) is 17.7 Å². The van der Waals surface area contributed by atoms with Gasteiger partial charge < -0.3 is 0 Å². The Kier molecular flexibility index (Phi) is 4.73. The maximum atomic E-state index is 14.2. The van der Waals surface area contributed by atoms with Crippen molar-refractivity contribution in [2.24, 2.45) is 0 Å². The second-order valence-electron chi connectivity index (χ2n) is 10.4. The molecule has 0 spiro atoms. The van der Waals surface area contributed by atoms with Crippen molar-refractivity contribution in [2.45, 2.75) is 12.1 Å². The summed E-state index contributed by atoms with van der Waals surface area (Å²) in [5, 5.41) is 6.38. The predicted octanol–water partition coefficient (Wildman–Crippen LogP) is 6.90. The lowest BCUT2D eigenvalue weighted by Crippen LogP contribution is -2.67. The van der Waals surface area contributed by atoms with Crippen LogP contribution in [-0.4, -0.2) is 28.7 Å². The normalized spacial score (nSPS) is 18.6. The van der Waals surface area contributed by atoms with Crippen molar-refractivity contribution < 1.29 is 14.4 Å². The molecule has 190 valence electrons. The average molecular weight is 519 g/mol. The number of carbonyl (C=O) groups excluding carboxylic acids is 3. The Morgan fingerprint density at radius 1 is 0.450 bits per heavy atom. The lowest BCUT2D eigenvalue weighted by Gasteiger charge is -2.50. The van der Waals surface area contributed by atoms with E-state index in [-0.39, 0.29) is 5.91 Å². The van der Waals surface area contributed by atoms with Crippen molar-refractivity contribution in [3.05, 3.63) is 138 Å². The van der Waals surface area contributed by atoms with Gasteiger partial charge in [0.2, 0.25) is 0 Å². The fraction of sp³-hybridized carbons (Fsp3) is 0.0571. The summed E-state index contributed by atoms with van der Waals surface area (Å²) >= 11 is 0.